The number of aromatic amines is 1. The molecule has 0 spiro atoms. The highest BCUT2D eigenvalue weighted by molar-refractivity contribution is 14.1. The Hall–Kier alpha value is -0.360. The summed E-state index contributed by atoms with van der Waals surface area (Å²) in [7, 11) is 0. The van der Waals surface area contributed by atoms with Crippen LogP contribution in [0.5, 0.6) is 0 Å². The maximum absolute atomic E-state index is 6.14. The maximum atomic E-state index is 6.14. The third-order valence-electron chi connectivity index (χ3n) is 2.11. The van der Waals surface area contributed by atoms with Crippen LogP contribution < -0.4 is 0 Å². The summed E-state index contributed by atoms with van der Waals surface area (Å²) < 4.78 is 1.05. The van der Waals surface area contributed by atoms with Crippen molar-refractivity contribution >= 4 is 45.2 Å². The molecular weight excluding hydrogens is 324 g/mol. The highest BCUT2D eigenvalue weighted by Gasteiger charge is 2.20. The van der Waals surface area contributed by atoms with E-state index in [9.17, 15) is 0 Å². The third-order valence-corrected chi connectivity index (χ3v) is 3.23. The monoisotopic (exact) mass is 335 g/mol. The second-order valence-corrected chi connectivity index (χ2v) is 5.97. The summed E-state index contributed by atoms with van der Waals surface area (Å²) in [5.41, 5.74) is 0.721. The van der Waals surface area contributed by atoms with Crippen LogP contribution in [-0.2, 0) is 5.41 Å². The molecule has 0 unspecified atom stereocenters. The summed E-state index contributed by atoms with van der Waals surface area (Å²) in [5, 5.41) is 1.43. The number of H-pyrrole nitrogens is 1. The maximum Gasteiger partial charge on any atom is 0.143 e. The van der Waals surface area contributed by atoms with Crippen molar-refractivity contribution in [2.24, 2.45) is 0 Å². The Bertz CT molecular complexity index is 513. The molecule has 0 atom stereocenters. The van der Waals surface area contributed by atoms with Crippen LogP contribution in [0.25, 0.3) is 11.0 Å². The first kappa shape index (κ1) is 11.1. The van der Waals surface area contributed by atoms with E-state index in [2.05, 4.69) is 58.3 Å². The van der Waals surface area contributed by atoms with Gasteiger partial charge >= 0.3 is 0 Å². The molecule has 0 amide bonds. The third kappa shape index (κ3) is 1.97. The molecule has 0 saturated carbocycles. The van der Waals surface area contributed by atoms with Gasteiger partial charge in [0.2, 0.25) is 0 Å². The van der Waals surface area contributed by atoms with E-state index in [1.54, 1.807) is 0 Å². The van der Waals surface area contributed by atoms with E-state index in [1.165, 1.54) is 0 Å². The standard InChI is InChI=1S/C10H11ClIN3/c1-10(2,3)9-14-7(11)6-5(12)4-13-8(6)15-9/h4H,1-3H3,(H,13,14,15). The molecule has 2 heterocycles. The van der Waals surface area contributed by atoms with Crippen LogP contribution in [-0.4, -0.2) is 15.0 Å². The summed E-state index contributed by atoms with van der Waals surface area (Å²) in [6, 6.07) is 0. The van der Waals surface area contributed by atoms with E-state index in [-0.39, 0.29) is 5.41 Å². The van der Waals surface area contributed by atoms with Crippen LogP contribution in [0.2, 0.25) is 5.15 Å². The fourth-order valence-corrected chi connectivity index (χ4v) is 2.39. The highest BCUT2D eigenvalue weighted by atomic mass is 127. The number of hydrogen-bond acceptors (Lipinski definition) is 2. The second-order valence-electron chi connectivity index (χ2n) is 4.45. The Kier molecular flexibility index (Phi) is 2.66. The van der Waals surface area contributed by atoms with E-state index in [0.29, 0.717) is 5.15 Å². The lowest BCUT2D eigenvalue weighted by Gasteiger charge is -2.16. The highest BCUT2D eigenvalue weighted by Crippen LogP contribution is 2.28. The normalized spacial score (nSPS) is 12.3. The summed E-state index contributed by atoms with van der Waals surface area (Å²) in [6.45, 7) is 6.20. The van der Waals surface area contributed by atoms with Gasteiger partial charge in [0.05, 0.1) is 5.39 Å². The average Bonchev–Trinajstić information content (AvgIpc) is 2.46. The minimum atomic E-state index is -0.0889. The van der Waals surface area contributed by atoms with Gasteiger partial charge in [0.1, 0.15) is 16.6 Å². The fourth-order valence-electron chi connectivity index (χ4n) is 1.29. The van der Waals surface area contributed by atoms with Crippen molar-refractivity contribution in [3.63, 3.8) is 0 Å². The number of nitrogens with one attached hydrogen (secondary N) is 1. The minimum absolute atomic E-state index is 0.0889. The van der Waals surface area contributed by atoms with Crippen LogP contribution in [0.15, 0.2) is 6.20 Å². The lowest BCUT2D eigenvalue weighted by molar-refractivity contribution is 0.548. The molecule has 0 saturated heterocycles. The summed E-state index contributed by atoms with van der Waals surface area (Å²) in [4.78, 5) is 11.9. The first-order valence-corrected chi connectivity index (χ1v) is 6.06. The van der Waals surface area contributed by atoms with Gasteiger partial charge in [0, 0.05) is 15.2 Å². The van der Waals surface area contributed by atoms with Gasteiger partial charge in [-0.2, -0.15) is 0 Å². The molecule has 1 N–H and O–H groups in total. The minimum Gasteiger partial charge on any atom is -0.345 e. The number of aromatic nitrogens is 3. The van der Waals surface area contributed by atoms with Gasteiger partial charge in [-0.15, -0.1) is 0 Å². The van der Waals surface area contributed by atoms with Crippen molar-refractivity contribution in [3.8, 4) is 0 Å². The van der Waals surface area contributed by atoms with Crippen molar-refractivity contribution in [2.45, 2.75) is 26.2 Å². The van der Waals surface area contributed by atoms with Crippen molar-refractivity contribution in [3.05, 3.63) is 20.7 Å². The first-order chi connectivity index (χ1) is 6.89. The van der Waals surface area contributed by atoms with Crippen LogP contribution >= 0.6 is 34.2 Å². The molecule has 5 heteroatoms. The van der Waals surface area contributed by atoms with Crippen molar-refractivity contribution in [1.82, 2.24) is 15.0 Å². The van der Waals surface area contributed by atoms with Crippen molar-refractivity contribution in [1.29, 1.82) is 0 Å². The molecule has 0 aliphatic carbocycles. The smallest absolute Gasteiger partial charge is 0.143 e. The van der Waals surface area contributed by atoms with Crippen LogP contribution in [0, 0.1) is 3.57 Å². The lowest BCUT2D eigenvalue weighted by Crippen LogP contribution is -2.16. The van der Waals surface area contributed by atoms with Gasteiger partial charge in [0.15, 0.2) is 0 Å². The molecular formula is C10H11ClIN3. The van der Waals surface area contributed by atoms with Crippen LogP contribution in [0.3, 0.4) is 0 Å². The van der Waals surface area contributed by atoms with Gasteiger partial charge < -0.3 is 4.98 Å². The predicted molar refractivity (Wildman–Crippen MR) is 70.3 cm³/mol. The Morgan fingerprint density at radius 1 is 1.33 bits per heavy atom. The van der Waals surface area contributed by atoms with Gasteiger partial charge in [-0.1, -0.05) is 32.4 Å². The van der Waals surface area contributed by atoms with E-state index in [0.717, 1.165) is 20.4 Å². The topological polar surface area (TPSA) is 41.6 Å². The molecule has 2 rings (SSSR count). The molecule has 80 valence electrons. The van der Waals surface area contributed by atoms with Gasteiger partial charge in [0.25, 0.3) is 0 Å². The first-order valence-electron chi connectivity index (χ1n) is 4.60. The van der Waals surface area contributed by atoms with Crippen molar-refractivity contribution < 1.29 is 0 Å². The van der Waals surface area contributed by atoms with E-state index in [1.807, 2.05) is 6.20 Å². The fraction of sp³-hybridized carbons (Fsp3) is 0.400. The zero-order valence-electron chi connectivity index (χ0n) is 8.73. The largest absolute Gasteiger partial charge is 0.345 e. The number of hydrogen-bond donors (Lipinski definition) is 1. The summed E-state index contributed by atoms with van der Waals surface area (Å²) in [5.74, 6) is 0.762. The Balaban J connectivity index is 2.74. The average molecular weight is 336 g/mol. The molecule has 0 bridgehead atoms. The van der Waals surface area contributed by atoms with Crippen LogP contribution in [0.1, 0.15) is 26.6 Å². The van der Waals surface area contributed by atoms with Gasteiger partial charge in [-0.3, -0.25) is 0 Å². The summed E-state index contributed by atoms with van der Waals surface area (Å²) >= 11 is 8.35. The number of halogens is 2. The zero-order chi connectivity index (χ0) is 11.2. The molecule has 3 nitrogen and oxygen atoms in total. The second kappa shape index (κ2) is 3.59. The lowest BCUT2D eigenvalue weighted by atomic mass is 9.96. The molecule has 0 aliphatic rings. The molecule has 0 radical (unpaired) electrons. The zero-order valence-corrected chi connectivity index (χ0v) is 11.6. The molecule has 2 aromatic rings. The summed E-state index contributed by atoms with van der Waals surface area (Å²) in [6.07, 6.45) is 1.89. The van der Waals surface area contributed by atoms with Gasteiger partial charge in [-0.05, 0) is 22.6 Å². The van der Waals surface area contributed by atoms with Crippen LogP contribution in [0.4, 0.5) is 0 Å². The molecule has 15 heavy (non-hydrogen) atoms. The van der Waals surface area contributed by atoms with Crippen molar-refractivity contribution in [2.75, 3.05) is 0 Å². The molecule has 0 aromatic carbocycles. The Labute approximate surface area is 107 Å². The quantitative estimate of drug-likeness (QED) is 0.591. The number of rotatable bonds is 0. The predicted octanol–water partition coefficient (Wildman–Crippen LogP) is 3.51. The Morgan fingerprint density at radius 3 is 2.60 bits per heavy atom. The van der Waals surface area contributed by atoms with E-state index >= 15 is 0 Å². The number of fused-ring (bicyclic) bond motifs is 1. The van der Waals surface area contributed by atoms with Gasteiger partial charge in [-0.25, -0.2) is 9.97 Å². The number of nitrogens with zero attached hydrogens (tertiary/aromatic N) is 2. The van der Waals surface area contributed by atoms with E-state index < -0.39 is 0 Å². The molecule has 0 aliphatic heterocycles. The molecule has 2 aromatic heterocycles. The molecule has 0 fully saturated rings. The Morgan fingerprint density at radius 2 is 2.00 bits per heavy atom. The van der Waals surface area contributed by atoms with E-state index in [4.69, 9.17) is 11.6 Å². The SMILES string of the molecule is CC(C)(C)c1nc(Cl)c2c(I)c[nH]c2n1.